The largest absolute Gasteiger partial charge is 0.452 e. The second kappa shape index (κ2) is 7.08. The maximum absolute atomic E-state index is 11.9. The van der Waals surface area contributed by atoms with Crippen molar-refractivity contribution in [2.45, 2.75) is 51.2 Å². The van der Waals surface area contributed by atoms with Gasteiger partial charge >= 0.3 is 5.97 Å². The third-order valence-electron chi connectivity index (χ3n) is 3.57. The predicted molar refractivity (Wildman–Crippen MR) is 76.1 cm³/mol. The van der Waals surface area contributed by atoms with E-state index in [-0.39, 0.29) is 24.3 Å². The second-order valence-electron chi connectivity index (χ2n) is 5.28. The first-order valence-electron chi connectivity index (χ1n) is 7.19. The highest BCUT2D eigenvalue weighted by molar-refractivity contribution is 5.84. The number of nitrogens with one attached hydrogen (secondary N) is 1. The van der Waals surface area contributed by atoms with Gasteiger partial charge in [0.2, 0.25) is 0 Å². The molecule has 1 N–H and O–H groups in total. The number of ether oxygens (including phenoxy) is 1. The third kappa shape index (κ3) is 4.37. The van der Waals surface area contributed by atoms with Crippen LogP contribution in [0.25, 0.3) is 0 Å². The van der Waals surface area contributed by atoms with Crippen LogP contribution in [0, 0.1) is 0 Å². The lowest BCUT2D eigenvalue weighted by molar-refractivity contribution is -0.154. The minimum atomic E-state index is -0.730. The van der Waals surface area contributed by atoms with Crippen molar-refractivity contribution >= 4 is 11.9 Å². The van der Waals surface area contributed by atoms with Crippen molar-refractivity contribution < 1.29 is 14.3 Å². The van der Waals surface area contributed by atoms with Crippen LogP contribution in [0.1, 0.15) is 38.2 Å². The maximum atomic E-state index is 11.9. The van der Waals surface area contributed by atoms with Crippen molar-refractivity contribution in [1.29, 1.82) is 0 Å². The van der Waals surface area contributed by atoms with Crippen LogP contribution in [0.15, 0.2) is 30.3 Å². The van der Waals surface area contributed by atoms with E-state index in [2.05, 4.69) is 5.32 Å². The van der Waals surface area contributed by atoms with Gasteiger partial charge in [-0.05, 0) is 25.3 Å². The number of rotatable bonds is 5. The number of hydrogen-bond donors (Lipinski definition) is 1. The van der Waals surface area contributed by atoms with E-state index in [4.69, 9.17) is 4.74 Å². The van der Waals surface area contributed by atoms with Crippen molar-refractivity contribution in [1.82, 2.24) is 5.32 Å². The Hall–Kier alpha value is -1.84. The number of carbonyl (C=O) groups excluding carboxylic acids is 2. The lowest BCUT2D eigenvalue weighted by Gasteiger charge is -2.17. The summed E-state index contributed by atoms with van der Waals surface area (Å²) in [6, 6.07) is 9.62. The molecule has 1 fully saturated rings. The van der Waals surface area contributed by atoms with Crippen LogP contribution < -0.4 is 5.32 Å². The van der Waals surface area contributed by atoms with Gasteiger partial charge in [-0.15, -0.1) is 0 Å². The van der Waals surface area contributed by atoms with Gasteiger partial charge in [0.25, 0.3) is 5.91 Å². The third-order valence-corrected chi connectivity index (χ3v) is 3.57. The van der Waals surface area contributed by atoms with Gasteiger partial charge in [0.1, 0.15) is 0 Å². The zero-order valence-electron chi connectivity index (χ0n) is 11.8. The molecule has 1 aromatic carbocycles. The fourth-order valence-corrected chi connectivity index (χ4v) is 2.44. The van der Waals surface area contributed by atoms with E-state index in [0.717, 1.165) is 31.2 Å². The molecule has 0 heterocycles. The molecule has 4 heteroatoms. The van der Waals surface area contributed by atoms with Gasteiger partial charge in [-0.1, -0.05) is 43.2 Å². The Labute approximate surface area is 119 Å². The summed E-state index contributed by atoms with van der Waals surface area (Å²) >= 11 is 0. The van der Waals surface area contributed by atoms with Crippen LogP contribution in [0.5, 0.6) is 0 Å². The van der Waals surface area contributed by atoms with Crippen LogP contribution >= 0.6 is 0 Å². The first kappa shape index (κ1) is 14.6. The normalized spacial score (nSPS) is 16.6. The van der Waals surface area contributed by atoms with E-state index >= 15 is 0 Å². The van der Waals surface area contributed by atoms with E-state index < -0.39 is 6.10 Å². The average Bonchev–Trinajstić information content (AvgIpc) is 2.92. The number of carbonyl (C=O) groups is 2. The Morgan fingerprint density at radius 2 is 1.90 bits per heavy atom. The lowest BCUT2D eigenvalue weighted by Crippen LogP contribution is -2.41. The minimum Gasteiger partial charge on any atom is -0.452 e. The molecule has 1 atom stereocenters. The Kier molecular flexibility index (Phi) is 5.16. The smallest absolute Gasteiger partial charge is 0.311 e. The molecule has 108 valence electrons. The molecule has 20 heavy (non-hydrogen) atoms. The molecule has 1 aliphatic rings. The number of benzene rings is 1. The molecule has 1 aromatic rings. The van der Waals surface area contributed by atoms with E-state index in [0.29, 0.717) is 0 Å². The zero-order chi connectivity index (χ0) is 14.4. The molecular formula is C16H21NO3. The minimum absolute atomic E-state index is 0.196. The van der Waals surface area contributed by atoms with E-state index in [1.165, 1.54) is 0 Å². The molecule has 0 radical (unpaired) electrons. The molecule has 0 bridgehead atoms. The first-order chi connectivity index (χ1) is 9.65. The van der Waals surface area contributed by atoms with Crippen molar-refractivity contribution in [3.8, 4) is 0 Å². The molecular weight excluding hydrogens is 254 g/mol. The molecule has 0 aromatic heterocycles. The van der Waals surface area contributed by atoms with Crippen molar-refractivity contribution in [3.05, 3.63) is 35.9 Å². The van der Waals surface area contributed by atoms with Crippen LogP contribution in [0.4, 0.5) is 0 Å². The first-order valence-corrected chi connectivity index (χ1v) is 7.19. The Morgan fingerprint density at radius 3 is 2.55 bits per heavy atom. The Bertz CT molecular complexity index is 452. The fraction of sp³-hybridized carbons (Fsp3) is 0.500. The van der Waals surface area contributed by atoms with Gasteiger partial charge in [-0.2, -0.15) is 0 Å². The van der Waals surface area contributed by atoms with E-state index in [9.17, 15) is 9.59 Å². The van der Waals surface area contributed by atoms with Gasteiger partial charge < -0.3 is 10.1 Å². The Balaban J connectivity index is 1.76. The van der Waals surface area contributed by atoms with E-state index in [1.807, 2.05) is 30.3 Å². The quantitative estimate of drug-likeness (QED) is 0.838. The summed E-state index contributed by atoms with van der Waals surface area (Å²) in [7, 11) is 0. The molecule has 4 nitrogen and oxygen atoms in total. The SMILES string of the molecule is C[C@@H](OC(=O)Cc1ccccc1)C(=O)NC1CCCC1. The number of esters is 1. The van der Waals surface area contributed by atoms with Crippen LogP contribution in [0.3, 0.4) is 0 Å². The van der Waals surface area contributed by atoms with Crippen LogP contribution in [0.2, 0.25) is 0 Å². The monoisotopic (exact) mass is 275 g/mol. The fourth-order valence-electron chi connectivity index (χ4n) is 2.44. The summed E-state index contributed by atoms with van der Waals surface area (Å²) in [5, 5.41) is 2.93. The molecule has 1 amide bonds. The van der Waals surface area contributed by atoms with Gasteiger partial charge in [-0.25, -0.2) is 0 Å². The molecule has 1 aliphatic carbocycles. The Morgan fingerprint density at radius 1 is 1.25 bits per heavy atom. The summed E-state index contributed by atoms with van der Waals surface area (Å²) < 4.78 is 5.18. The molecule has 2 rings (SSSR count). The standard InChI is InChI=1S/C16H21NO3/c1-12(16(19)17-14-9-5-6-10-14)20-15(18)11-13-7-3-2-4-8-13/h2-4,7-8,12,14H,5-6,9-11H2,1H3,(H,17,19)/t12-/m1/s1. The van der Waals surface area contributed by atoms with E-state index in [1.54, 1.807) is 6.92 Å². The highest BCUT2D eigenvalue weighted by atomic mass is 16.5. The number of hydrogen-bond acceptors (Lipinski definition) is 3. The summed E-state index contributed by atoms with van der Waals surface area (Å²) in [6.07, 6.45) is 3.83. The van der Waals surface area contributed by atoms with Crippen LogP contribution in [-0.4, -0.2) is 24.0 Å². The van der Waals surface area contributed by atoms with Gasteiger partial charge in [-0.3, -0.25) is 9.59 Å². The highest BCUT2D eigenvalue weighted by Crippen LogP contribution is 2.17. The maximum Gasteiger partial charge on any atom is 0.311 e. The summed E-state index contributed by atoms with van der Waals surface area (Å²) in [6.45, 7) is 1.62. The van der Waals surface area contributed by atoms with Gasteiger partial charge in [0.05, 0.1) is 6.42 Å². The van der Waals surface area contributed by atoms with Crippen LogP contribution in [-0.2, 0) is 20.7 Å². The van der Waals surface area contributed by atoms with Gasteiger partial charge in [0.15, 0.2) is 6.10 Å². The molecule has 0 unspecified atom stereocenters. The summed E-state index contributed by atoms with van der Waals surface area (Å²) in [5.41, 5.74) is 0.890. The lowest BCUT2D eigenvalue weighted by atomic mass is 10.1. The highest BCUT2D eigenvalue weighted by Gasteiger charge is 2.22. The van der Waals surface area contributed by atoms with Crippen molar-refractivity contribution in [2.24, 2.45) is 0 Å². The second-order valence-corrected chi connectivity index (χ2v) is 5.28. The molecule has 1 saturated carbocycles. The van der Waals surface area contributed by atoms with Gasteiger partial charge in [0, 0.05) is 6.04 Å². The topological polar surface area (TPSA) is 55.4 Å². The van der Waals surface area contributed by atoms with Crippen molar-refractivity contribution in [2.75, 3.05) is 0 Å². The molecule has 0 saturated heterocycles. The predicted octanol–water partition coefficient (Wildman–Crippen LogP) is 2.22. The molecule has 0 spiro atoms. The summed E-state index contributed by atoms with van der Waals surface area (Å²) in [4.78, 5) is 23.7. The number of amides is 1. The average molecular weight is 275 g/mol. The zero-order valence-corrected chi connectivity index (χ0v) is 11.8. The van der Waals surface area contributed by atoms with Crippen molar-refractivity contribution in [3.63, 3.8) is 0 Å². The summed E-state index contributed by atoms with van der Waals surface area (Å²) in [5.74, 6) is -0.566. The molecule has 0 aliphatic heterocycles.